The van der Waals surface area contributed by atoms with Crippen LogP contribution in [0.5, 0.6) is 0 Å². The number of likely N-dealkylation sites (tertiary alicyclic amines) is 1. The Hall–Kier alpha value is -2.09. The van der Waals surface area contributed by atoms with Crippen LogP contribution in [0.1, 0.15) is 47.0 Å². The maximum absolute atomic E-state index is 12.9. The number of carbonyl (C=O) groups is 3. The Kier molecular flexibility index (Phi) is 6.19. The predicted molar refractivity (Wildman–Crippen MR) is 97.8 cm³/mol. The van der Waals surface area contributed by atoms with Gasteiger partial charge in [0.05, 0.1) is 19.3 Å². The monoisotopic (exact) mass is 382 g/mol. The largest absolute Gasteiger partial charge is 0.464 e. The maximum Gasteiger partial charge on any atom is 0.411 e. The molecule has 0 radical (unpaired) electrons. The summed E-state index contributed by atoms with van der Waals surface area (Å²) < 4.78 is 10.5. The van der Waals surface area contributed by atoms with Crippen LogP contribution in [0.3, 0.4) is 0 Å². The number of nitrogens with zero attached hydrogens (tertiary/aromatic N) is 1. The lowest BCUT2D eigenvalue weighted by Crippen LogP contribution is -2.54. The van der Waals surface area contributed by atoms with E-state index in [-0.39, 0.29) is 25.5 Å². The summed E-state index contributed by atoms with van der Waals surface area (Å²) in [5, 5.41) is 12.8. The molecule has 0 aromatic carbocycles. The number of ether oxygens (including phenoxy) is 2. The van der Waals surface area contributed by atoms with Gasteiger partial charge in [0.15, 0.2) is 0 Å². The smallest absolute Gasteiger partial charge is 0.411 e. The highest BCUT2D eigenvalue weighted by atomic mass is 16.6. The summed E-state index contributed by atoms with van der Waals surface area (Å²) in [6.07, 6.45) is 1.34. The fourth-order valence-corrected chi connectivity index (χ4v) is 3.42. The Morgan fingerprint density at radius 3 is 2.59 bits per heavy atom. The Labute approximate surface area is 159 Å². The Morgan fingerprint density at radius 1 is 1.37 bits per heavy atom. The minimum absolute atomic E-state index is 0.00942. The normalized spacial score (nSPS) is 29.8. The van der Waals surface area contributed by atoms with Crippen molar-refractivity contribution in [3.05, 3.63) is 12.7 Å². The van der Waals surface area contributed by atoms with Crippen molar-refractivity contribution in [1.29, 1.82) is 0 Å². The van der Waals surface area contributed by atoms with Gasteiger partial charge in [0.25, 0.3) is 0 Å². The quantitative estimate of drug-likeness (QED) is 0.531. The number of aliphatic hydroxyl groups excluding tert-OH is 1. The zero-order valence-corrected chi connectivity index (χ0v) is 16.5. The molecule has 0 bridgehead atoms. The van der Waals surface area contributed by atoms with E-state index in [0.717, 1.165) is 0 Å². The van der Waals surface area contributed by atoms with Crippen molar-refractivity contribution in [3.63, 3.8) is 0 Å². The Morgan fingerprint density at radius 2 is 2.04 bits per heavy atom. The van der Waals surface area contributed by atoms with Gasteiger partial charge in [-0.2, -0.15) is 0 Å². The molecular formula is C19H30N2O6. The zero-order valence-electron chi connectivity index (χ0n) is 16.5. The number of hydrogen-bond donors (Lipinski definition) is 2. The van der Waals surface area contributed by atoms with Crippen molar-refractivity contribution in [1.82, 2.24) is 10.2 Å². The molecule has 27 heavy (non-hydrogen) atoms. The first-order chi connectivity index (χ1) is 12.5. The lowest BCUT2D eigenvalue weighted by atomic mass is 10.1. The van der Waals surface area contributed by atoms with Gasteiger partial charge in [0.1, 0.15) is 17.2 Å². The molecule has 2 aliphatic rings. The first-order valence-corrected chi connectivity index (χ1v) is 9.32. The van der Waals surface area contributed by atoms with E-state index >= 15 is 0 Å². The molecule has 1 aliphatic carbocycles. The SMILES string of the molecule is C=CCC1C[C@]1(NC(=O)[C@@H]1C[C@@H](O)CN1C(=O)OC(C)(C)C)C(=O)OCC. The fraction of sp³-hybridized carbons (Fsp3) is 0.737. The van der Waals surface area contributed by atoms with Crippen LogP contribution in [0.25, 0.3) is 0 Å². The third-order valence-corrected chi connectivity index (χ3v) is 4.75. The lowest BCUT2D eigenvalue weighted by Gasteiger charge is -2.29. The van der Waals surface area contributed by atoms with Crippen LogP contribution >= 0.6 is 0 Å². The van der Waals surface area contributed by atoms with E-state index in [4.69, 9.17) is 9.47 Å². The van der Waals surface area contributed by atoms with Crippen molar-refractivity contribution >= 4 is 18.0 Å². The molecule has 0 aromatic heterocycles. The van der Waals surface area contributed by atoms with Crippen LogP contribution in [0.15, 0.2) is 12.7 Å². The molecule has 0 aromatic rings. The van der Waals surface area contributed by atoms with Gasteiger partial charge in [-0.15, -0.1) is 6.58 Å². The summed E-state index contributed by atoms with van der Waals surface area (Å²) in [5.41, 5.74) is -1.81. The number of aliphatic hydroxyl groups is 1. The van der Waals surface area contributed by atoms with Crippen LogP contribution in [-0.2, 0) is 19.1 Å². The summed E-state index contributed by atoms with van der Waals surface area (Å²) in [6.45, 7) is 10.8. The minimum Gasteiger partial charge on any atom is -0.464 e. The van der Waals surface area contributed by atoms with Gasteiger partial charge in [-0.3, -0.25) is 9.69 Å². The van der Waals surface area contributed by atoms with Crippen LogP contribution < -0.4 is 5.32 Å². The summed E-state index contributed by atoms with van der Waals surface area (Å²) in [5.74, 6) is -1.05. The number of amides is 2. The van der Waals surface area contributed by atoms with Crippen molar-refractivity contribution in [2.45, 2.75) is 70.2 Å². The van der Waals surface area contributed by atoms with E-state index in [1.807, 2.05) is 0 Å². The van der Waals surface area contributed by atoms with Crippen molar-refractivity contribution in [3.8, 4) is 0 Å². The second-order valence-electron chi connectivity index (χ2n) is 8.14. The van der Waals surface area contributed by atoms with Crippen LogP contribution in [0.2, 0.25) is 0 Å². The molecule has 4 atom stereocenters. The standard InChI is InChI=1S/C19H30N2O6/c1-6-8-12-10-19(12,16(24)26-7-2)20-15(23)14-9-13(22)11-21(14)17(25)27-18(3,4)5/h6,12-14,22H,1,7-11H2,2-5H3,(H,20,23)/t12?,13-,14+,19-/m1/s1. The first-order valence-electron chi connectivity index (χ1n) is 9.32. The van der Waals surface area contributed by atoms with E-state index in [0.29, 0.717) is 12.8 Å². The summed E-state index contributed by atoms with van der Waals surface area (Å²) in [6, 6.07) is -0.897. The highest BCUT2D eigenvalue weighted by Gasteiger charge is 2.62. The summed E-state index contributed by atoms with van der Waals surface area (Å²) in [7, 11) is 0. The second kappa shape index (κ2) is 7.88. The Bertz CT molecular complexity index is 614. The number of nitrogens with one attached hydrogen (secondary N) is 1. The molecule has 1 saturated heterocycles. The highest BCUT2D eigenvalue weighted by molar-refractivity contribution is 5.94. The van der Waals surface area contributed by atoms with Gasteiger partial charge in [-0.1, -0.05) is 6.08 Å². The second-order valence-corrected chi connectivity index (χ2v) is 8.14. The van der Waals surface area contributed by atoms with Crippen LogP contribution in [-0.4, -0.2) is 64.4 Å². The third-order valence-electron chi connectivity index (χ3n) is 4.75. The van der Waals surface area contributed by atoms with Crippen molar-refractivity contribution in [2.24, 2.45) is 5.92 Å². The van der Waals surface area contributed by atoms with E-state index < -0.39 is 41.3 Å². The van der Waals surface area contributed by atoms with Crippen LogP contribution in [0, 0.1) is 5.92 Å². The molecule has 8 nitrogen and oxygen atoms in total. The maximum atomic E-state index is 12.9. The third kappa shape index (κ3) is 4.80. The number of esters is 1. The average Bonchev–Trinajstić information content (AvgIpc) is 3.07. The topological polar surface area (TPSA) is 105 Å². The van der Waals surface area contributed by atoms with E-state index in [2.05, 4.69) is 11.9 Å². The van der Waals surface area contributed by atoms with Crippen LogP contribution in [0.4, 0.5) is 4.79 Å². The number of carbonyl (C=O) groups excluding carboxylic acids is 3. The molecule has 0 spiro atoms. The molecule has 2 amide bonds. The highest BCUT2D eigenvalue weighted by Crippen LogP contribution is 2.47. The summed E-state index contributed by atoms with van der Waals surface area (Å²) >= 11 is 0. The molecule has 152 valence electrons. The van der Waals surface area contributed by atoms with E-state index in [1.165, 1.54) is 4.90 Å². The molecule has 8 heteroatoms. The molecule has 1 heterocycles. The minimum atomic E-state index is -1.09. The van der Waals surface area contributed by atoms with Crippen molar-refractivity contribution in [2.75, 3.05) is 13.2 Å². The van der Waals surface area contributed by atoms with Gasteiger partial charge in [-0.25, -0.2) is 9.59 Å². The molecule has 2 rings (SSSR count). The van der Waals surface area contributed by atoms with E-state index in [9.17, 15) is 19.5 Å². The molecule has 1 unspecified atom stereocenters. The van der Waals surface area contributed by atoms with Gasteiger partial charge in [0, 0.05) is 6.42 Å². The molecule has 2 N–H and O–H groups in total. The number of allylic oxidation sites excluding steroid dienone is 1. The number of hydrogen-bond acceptors (Lipinski definition) is 6. The molecule has 1 saturated carbocycles. The van der Waals surface area contributed by atoms with Gasteiger partial charge in [-0.05, 0) is 46.5 Å². The van der Waals surface area contributed by atoms with Crippen molar-refractivity contribution < 1.29 is 29.0 Å². The van der Waals surface area contributed by atoms with Gasteiger partial charge in [0.2, 0.25) is 5.91 Å². The molecule has 1 aliphatic heterocycles. The molecular weight excluding hydrogens is 352 g/mol. The number of β-amino-alcohol motifs (C(OH)–C–C–N with tert-alkyl or cyclic N) is 1. The average molecular weight is 382 g/mol. The lowest BCUT2D eigenvalue weighted by molar-refractivity contribution is -0.149. The predicted octanol–water partition coefficient (Wildman–Crippen LogP) is 1.37. The molecule has 2 fully saturated rings. The fourth-order valence-electron chi connectivity index (χ4n) is 3.42. The zero-order chi connectivity index (χ0) is 20.4. The first kappa shape index (κ1) is 21.2. The number of rotatable bonds is 6. The Balaban J connectivity index is 2.13. The van der Waals surface area contributed by atoms with Gasteiger partial charge >= 0.3 is 12.1 Å². The summed E-state index contributed by atoms with van der Waals surface area (Å²) in [4.78, 5) is 38.9. The van der Waals surface area contributed by atoms with Gasteiger partial charge < -0.3 is 19.9 Å². The van der Waals surface area contributed by atoms with E-state index in [1.54, 1.807) is 33.8 Å².